The quantitative estimate of drug-likeness (QED) is 0.819. The monoisotopic (exact) mass is 256 g/mol. The zero-order valence-electron chi connectivity index (χ0n) is 12.7. The maximum Gasteiger partial charge on any atom is 0.304 e. The minimum atomic E-state index is -0.706. The molecular formula is C14H28N2O2. The third-order valence-electron chi connectivity index (χ3n) is 3.53. The van der Waals surface area contributed by atoms with Crippen molar-refractivity contribution in [2.45, 2.75) is 52.6 Å². The molecule has 0 radical (unpaired) electrons. The molecule has 0 amide bonds. The normalized spacial score (nSPS) is 26.9. The molecule has 0 bridgehead atoms. The average molecular weight is 256 g/mol. The lowest BCUT2D eigenvalue weighted by molar-refractivity contribution is -0.139. The molecule has 1 atom stereocenters. The van der Waals surface area contributed by atoms with E-state index in [1.165, 1.54) is 0 Å². The lowest BCUT2D eigenvalue weighted by Crippen LogP contribution is -2.52. The molecule has 4 nitrogen and oxygen atoms in total. The number of carbonyl (C=O) groups is 1. The van der Waals surface area contributed by atoms with Crippen molar-refractivity contribution in [1.82, 2.24) is 9.80 Å². The number of carboxylic acids is 1. The van der Waals surface area contributed by atoms with Gasteiger partial charge in [0.2, 0.25) is 0 Å². The van der Waals surface area contributed by atoms with Crippen molar-refractivity contribution in [3.05, 3.63) is 0 Å². The van der Waals surface area contributed by atoms with Crippen molar-refractivity contribution in [2.75, 3.05) is 26.7 Å². The van der Waals surface area contributed by atoms with Crippen molar-refractivity contribution < 1.29 is 9.90 Å². The van der Waals surface area contributed by atoms with Crippen LogP contribution in [0, 0.1) is 5.41 Å². The molecule has 4 heteroatoms. The van der Waals surface area contributed by atoms with E-state index >= 15 is 0 Å². The second-order valence-corrected chi connectivity index (χ2v) is 7.41. The Bertz CT molecular complexity index is 307. The molecule has 1 fully saturated rings. The van der Waals surface area contributed by atoms with Gasteiger partial charge in [-0.05, 0) is 33.2 Å². The molecule has 106 valence electrons. The summed E-state index contributed by atoms with van der Waals surface area (Å²) in [5.74, 6) is -0.706. The molecule has 1 saturated heterocycles. The molecule has 0 aliphatic carbocycles. The Morgan fingerprint density at radius 3 is 2.33 bits per heavy atom. The molecule has 1 aliphatic rings. The first-order valence-electron chi connectivity index (χ1n) is 6.68. The van der Waals surface area contributed by atoms with E-state index in [9.17, 15) is 4.79 Å². The predicted octanol–water partition coefficient (Wildman–Crippen LogP) is 1.90. The van der Waals surface area contributed by atoms with Crippen molar-refractivity contribution >= 4 is 5.97 Å². The standard InChI is InChI=1S/C14H28N2O2/c1-13(2,3)16-10-14(4,5)9-15(6)8-11(16)7-12(17)18/h11H,7-10H2,1-6H3,(H,17,18). The Kier molecular flexibility index (Phi) is 4.44. The average Bonchev–Trinajstić information content (AvgIpc) is 2.19. The van der Waals surface area contributed by atoms with Gasteiger partial charge in [0.15, 0.2) is 0 Å². The maximum absolute atomic E-state index is 11.1. The minimum absolute atomic E-state index is 0.00255. The van der Waals surface area contributed by atoms with Crippen LogP contribution in [0.15, 0.2) is 0 Å². The van der Waals surface area contributed by atoms with Gasteiger partial charge in [0, 0.05) is 31.2 Å². The van der Waals surface area contributed by atoms with Crippen molar-refractivity contribution in [1.29, 1.82) is 0 Å². The molecule has 0 aromatic rings. The lowest BCUT2D eigenvalue weighted by Gasteiger charge is -2.43. The summed E-state index contributed by atoms with van der Waals surface area (Å²) in [6.07, 6.45) is 0.220. The van der Waals surface area contributed by atoms with E-state index in [0.717, 1.165) is 19.6 Å². The van der Waals surface area contributed by atoms with Gasteiger partial charge in [-0.25, -0.2) is 0 Å². The van der Waals surface area contributed by atoms with Gasteiger partial charge in [0.1, 0.15) is 0 Å². The number of likely N-dealkylation sites (N-methyl/N-ethyl adjacent to an activating group) is 1. The first-order chi connectivity index (χ1) is 8.01. The number of nitrogens with zero attached hydrogens (tertiary/aromatic N) is 2. The first kappa shape index (κ1) is 15.4. The lowest BCUT2D eigenvalue weighted by atomic mass is 9.90. The summed E-state index contributed by atoms with van der Waals surface area (Å²) in [6.45, 7) is 13.8. The van der Waals surface area contributed by atoms with E-state index in [1.54, 1.807) is 0 Å². The highest BCUT2D eigenvalue weighted by atomic mass is 16.4. The Morgan fingerprint density at radius 2 is 1.89 bits per heavy atom. The van der Waals surface area contributed by atoms with Gasteiger partial charge >= 0.3 is 5.97 Å². The van der Waals surface area contributed by atoms with Crippen LogP contribution in [-0.2, 0) is 4.79 Å². The predicted molar refractivity (Wildman–Crippen MR) is 73.8 cm³/mol. The third kappa shape index (κ3) is 4.25. The summed E-state index contributed by atoms with van der Waals surface area (Å²) in [6, 6.07) is 0.0919. The molecule has 18 heavy (non-hydrogen) atoms. The van der Waals surface area contributed by atoms with E-state index in [4.69, 9.17) is 5.11 Å². The van der Waals surface area contributed by atoms with Gasteiger partial charge in [-0.1, -0.05) is 13.8 Å². The summed E-state index contributed by atoms with van der Waals surface area (Å²) in [7, 11) is 2.09. The van der Waals surface area contributed by atoms with Crippen molar-refractivity contribution in [2.24, 2.45) is 5.41 Å². The minimum Gasteiger partial charge on any atom is -0.481 e. The van der Waals surface area contributed by atoms with E-state index < -0.39 is 5.97 Å². The largest absolute Gasteiger partial charge is 0.481 e. The van der Waals surface area contributed by atoms with Crippen LogP contribution in [0.1, 0.15) is 41.0 Å². The number of rotatable bonds is 2. The zero-order chi connectivity index (χ0) is 14.1. The van der Waals surface area contributed by atoms with Gasteiger partial charge in [-0.2, -0.15) is 0 Å². The van der Waals surface area contributed by atoms with Gasteiger partial charge < -0.3 is 10.0 Å². The zero-order valence-corrected chi connectivity index (χ0v) is 12.7. The first-order valence-corrected chi connectivity index (χ1v) is 6.68. The second kappa shape index (κ2) is 5.17. The molecule has 1 aliphatic heterocycles. The van der Waals surface area contributed by atoms with Crippen LogP contribution in [-0.4, -0.2) is 59.1 Å². The molecular weight excluding hydrogens is 228 g/mol. The van der Waals surface area contributed by atoms with Gasteiger partial charge in [-0.15, -0.1) is 0 Å². The fourth-order valence-corrected chi connectivity index (χ4v) is 3.06. The molecule has 0 saturated carbocycles. The van der Waals surface area contributed by atoms with Crippen LogP contribution in [0.4, 0.5) is 0 Å². The Morgan fingerprint density at radius 1 is 1.33 bits per heavy atom. The molecule has 1 rings (SSSR count). The van der Waals surface area contributed by atoms with Crippen LogP contribution < -0.4 is 0 Å². The molecule has 1 heterocycles. The maximum atomic E-state index is 11.1. The number of hydrogen-bond acceptors (Lipinski definition) is 3. The summed E-state index contributed by atoms with van der Waals surface area (Å²) in [5.41, 5.74) is 0.192. The summed E-state index contributed by atoms with van der Waals surface area (Å²) >= 11 is 0. The van der Waals surface area contributed by atoms with Crippen LogP contribution in [0.2, 0.25) is 0 Å². The third-order valence-corrected chi connectivity index (χ3v) is 3.53. The Labute approximate surface area is 111 Å². The number of carboxylic acid groups (broad SMARTS) is 1. The molecule has 1 N–H and O–H groups in total. The highest BCUT2D eigenvalue weighted by molar-refractivity contribution is 5.67. The summed E-state index contributed by atoms with van der Waals surface area (Å²) in [5, 5.41) is 9.11. The van der Waals surface area contributed by atoms with E-state index in [-0.39, 0.29) is 23.4 Å². The van der Waals surface area contributed by atoms with Gasteiger partial charge in [0.25, 0.3) is 0 Å². The number of hydrogen-bond donors (Lipinski definition) is 1. The van der Waals surface area contributed by atoms with E-state index in [2.05, 4.69) is 51.5 Å². The van der Waals surface area contributed by atoms with Crippen LogP contribution in [0.25, 0.3) is 0 Å². The van der Waals surface area contributed by atoms with Crippen molar-refractivity contribution in [3.63, 3.8) is 0 Å². The molecule has 0 spiro atoms. The van der Waals surface area contributed by atoms with Gasteiger partial charge in [0.05, 0.1) is 6.42 Å². The number of aliphatic carboxylic acids is 1. The topological polar surface area (TPSA) is 43.8 Å². The molecule has 1 unspecified atom stereocenters. The second-order valence-electron chi connectivity index (χ2n) is 7.41. The highest BCUT2D eigenvalue weighted by Gasteiger charge is 2.38. The summed E-state index contributed by atoms with van der Waals surface area (Å²) in [4.78, 5) is 15.7. The SMILES string of the molecule is CN1CC(CC(=O)O)N(C(C)(C)C)CC(C)(C)C1. The fourth-order valence-electron chi connectivity index (χ4n) is 3.06. The molecule has 0 aromatic carbocycles. The smallest absolute Gasteiger partial charge is 0.304 e. The Balaban J connectivity index is 2.99. The molecule has 0 aromatic heterocycles. The van der Waals surface area contributed by atoms with E-state index in [0.29, 0.717) is 0 Å². The Hall–Kier alpha value is -0.610. The fraction of sp³-hybridized carbons (Fsp3) is 0.929. The van der Waals surface area contributed by atoms with Crippen molar-refractivity contribution in [3.8, 4) is 0 Å². The van der Waals surface area contributed by atoms with Crippen LogP contribution >= 0.6 is 0 Å². The van der Waals surface area contributed by atoms with Crippen LogP contribution in [0.5, 0.6) is 0 Å². The van der Waals surface area contributed by atoms with Gasteiger partial charge in [-0.3, -0.25) is 9.69 Å². The van der Waals surface area contributed by atoms with E-state index in [1.807, 2.05) is 0 Å². The van der Waals surface area contributed by atoms with Crippen LogP contribution in [0.3, 0.4) is 0 Å². The highest BCUT2D eigenvalue weighted by Crippen LogP contribution is 2.30. The summed E-state index contributed by atoms with van der Waals surface area (Å²) < 4.78 is 0.